The third-order valence-corrected chi connectivity index (χ3v) is 4.90. The van der Waals surface area contributed by atoms with E-state index in [0.717, 1.165) is 16.7 Å². The molecule has 152 valence electrons. The van der Waals surface area contributed by atoms with Gasteiger partial charge in [0.25, 0.3) is 11.8 Å². The minimum Gasteiger partial charge on any atom is -0.482 e. The van der Waals surface area contributed by atoms with Crippen molar-refractivity contribution < 1.29 is 18.7 Å². The minimum atomic E-state index is -0.335. The van der Waals surface area contributed by atoms with Crippen LogP contribution in [-0.4, -0.2) is 18.4 Å². The Hall–Kier alpha value is -3.67. The predicted molar refractivity (Wildman–Crippen MR) is 113 cm³/mol. The molecule has 1 heterocycles. The molecule has 5 nitrogen and oxygen atoms in total. The van der Waals surface area contributed by atoms with Gasteiger partial charge < -0.3 is 15.0 Å². The Morgan fingerprint density at radius 3 is 2.43 bits per heavy atom. The summed E-state index contributed by atoms with van der Waals surface area (Å²) < 4.78 is 18.7. The molecular weight excluding hydrogens is 383 g/mol. The van der Waals surface area contributed by atoms with E-state index in [-0.39, 0.29) is 30.8 Å². The lowest BCUT2D eigenvalue weighted by molar-refractivity contribution is -0.121. The lowest BCUT2D eigenvalue weighted by Gasteiger charge is -2.30. The van der Waals surface area contributed by atoms with Gasteiger partial charge in [-0.3, -0.25) is 9.59 Å². The molecule has 0 aliphatic carbocycles. The standard InChI is InChI=1S/C24H21FN2O3/c1-15-9-16(2)11-20(10-15)26-24(29)18-5-8-22-21(12-18)27(23(28)14-30-22)13-17-3-6-19(25)7-4-17/h3-12H,13-14H2,1-2H3,(H,26,29). The van der Waals surface area contributed by atoms with Crippen molar-refractivity contribution in [1.82, 2.24) is 0 Å². The lowest BCUT2D eigenvalue weighted by atomic mass is 10.1. The quantitative estimate of drug-likeness (QED) is 0.690. The summed E-state index contributed by atoms with van der Waals surface area (Å²) in [7, 11) is 0. The highest BCUT2D eigenvalue weighted by Gasteiger charge is 2.26. The first kappa shape index (κ1) is 19.6. The zero-order valence-corrected chi connectivity index (χ0v) is 16.7. The van der Waals surface area contributed by atoms with Crippen molar-refractivity contribution in [3.8, 4) is 5.75 Å². The topological polar surface area (TPSA) is 58.6 Å². The molecule has 0 unspecified atom stereocenters. The second kappa shape index (κ2) is 7.99. The largest absolute Gasteiger partial charge is 0.482 e. The van der Waals surface area contributed by atoms with E-state index in [0.29, 0.717) is 22.7 Å². The van der Waals surface area contributed by atoms with Crippen LogP contribution in [0, 0.1) is 19.7 Å². The molecule has 0 atom stereocenters. The van der Waals surface area contributed by atoms with Crippen LogP contribution in [0.15, 0.2) is 60.7 Å². The number of aryl methyl sites for hydroxylation is 2. The highest BCUT2D eigenvalue weighted by Crippen LogP contribution is 2.34. The molecule has 0 aromatic heterocycles. The Morgan fingerprint density at radius 2 is 1.73 bits per heavy atom. The van der Waals surface area contributed by atoms with Gasteiger partial charge in [-0.1, -0.05) is 18.2 Å². The molecule has 0 spiro atoms. The molecule has 1 aliphatic rings. The maximum absolute atomic E-state index is 13.2. The summed E-state index contributed by atoms with van der Waals surface area (Å²) in [6, 6.07) is 16.8. The fraction of sp³-hybridized carbons (Fsp3) is 0.167. The molecule has 0 bridgehead atoms. The van der Waals surface area contributed by atoms with E-state index < -0.39 is 0 Å². The first-order valence-electron chi connectivity index (χ1n) is 9.60. The van der Waals surface area contributed by atoms with Crippen molar-refractivity contribution in [2.75, 3.05) is 16.8 Å². The molecule has 1 N–H and O–H groups in total. The Kier molecular flexibility index (Phi) is 5.23. The van der Waals surface area contributed by atoms with Gasteiger partial charge in [0.05, 0.1) is 12.2 Å². The van der Waals surface area contributed by atoms with E-state index in [2.05, 4.69) is 5.32 Å². The normalized spacial score (nSPS) is 12.9. The summed E-state index contributed by atoms with van der Waals surface area (Å²) in [6.45, 7) is 4.12. The monoisotopic (exact) mass is 404 g/mol. The van der Waals surface area contributed by atoms with Crippen LogP contribution < -0.4 is 15.0 Å². The van der Waals surface area contributed by atoms with Crippen LogP contribution >= 0.6 is 0 Å². The molecule has 3 aromatic carbocycles. The number of benzene rings is 3. The van der Waals surface area contributed by atoms with Gasteiger partial charge in [0, 0.05) is 11.3 Å². The van der Waals surface area contributed by atoms with Crippen LogP contribution in [-0.2, 0) is 11.3 Å². The number of ether oxygens (including phenoxy) is 1. The van der Waals surface area contributed by atoms with Gasteiger partial charge in [-0.25, -0.2) is 4.39 Å². The van der Waals surface area contributed by atoms with E-state index in [1.54, 1.807) is 35.2 Å². The molecule has 4 rings (SSSR count). The number of nitrogens with zero attached hydrogens (tertiary/aromatic N) is 1. The highest BCUT2D eigenvalue weighted by atomic mass is 19.1. The van der Waals surface area contributed by atoms with E-state index >= 15 is 0 Å². The molecule has 1 aliphatic heterocycles. The Labute approximate surface area is 174 Å². The first-order chi connectivity index (χ1) is 14.4. The molecule has 6 heteroatoms. The van der Waals surface area contributed by atoms with Gasteiger partial charge in [0.2, 0.25) is 0 Å². The van der Waals surface area contributed by atoms with Crippen molar-refractivity contribution in [2.24, 2.45) is 0 Å². The SMILES string of the molecule is Cc1cc(C)cc(NC(=O)c2ccc3c(c2)N(Cc2ccc(F)cc2)C(=O)CO3)c1. The summed E-state index contributed by atoms with van der Waals surface area (Å²) in [5.74, 6) is -0.307. The number of hydrogen-bond acceptors (Lipinski definition) is 3. The van der Waals surface area contributed by atoms with Crippen LogP contribution in [0.3, 0.4) is 0 Å². The number of fused-ring (bicyclic) bond motifs is 1. The maximum Gasteiger partial charge on any atom is 0.265 e. The summed E-state index contributed by atoms with van der Waals surface area (Å²) in [4.78, 5) is 26.9. The average molecular weight is 404 g/mol. The Balaban J connectivity index is 1.61. The van der Waals surface area contributed by atoms with Crippen LogP contribution in [0.1, 0.15) is 27.0 Å². The summed E-state index contributed by atoms with van der Waals surface area (Å²) >= 11 is 0. The third kappa shape index (κ3) is 4.17. The van der Waals surface area contributed by atoms with E-state index in [9.17, 15) is 14.0 Å². The second-order valence-electron chi connectivity index (χ2n) is 7.41. The number of rotatable bonds is 4. The van der Waals surface area contributed by atoms with Crippen molar-refractivity contribution in [2.45, 2.75) is 20.4 Å². The van der Waals surface area contributed by atoms with Gasteiger partial charge in [-0.05, 0) is 73.0 Å². The minimum absolute atomic E-state index is 0.0810. The van der Waals surface area contributed by atoms with Crippen LogP contribution in [0.2, 0.25) is 0 Å². The summed E-state index contributed by atoms with van der Waals surface area (Å²) in [6.07, 6.45) is 0. The fourth-order valence-electron chi connectivity index (χ4n) is 3.54. The van der Waals surface area contributed by atoms with Gasteiger partial charge in [-0.2, -0.15) is 0 Å². The third-order valence-electron chi connectivity index (χ3n) is 4.90. The smallest absolute Gasteiger partial charge is 0.265 e. The first-order valence-corrected chi connectivity index (χ1v) is 9.60. The van der Waals surface area contributed by atoms with Crippen LogP contribution in [0.25, 0.3) is 0 Å². The lowest BCUT2D eigenvalue weighted by Crippen LogP contribution is -2.38. The molecule has 0 radical (unpaired) electrons. The van der Waals surface area contributed by atoms with Gasteiger partial charge in [0.15, 0.2) is 6.61 Å². The molecule has 0 saturated carbocycles. The second-order valence-corrected chi connectivity index (χ2v) is 7.41. The van der Waals surface area contributed by atoms with E-state index in [1.165, 1.54) is 12.1 Å². The summed E-state index contributed by atoms with van der Waals surface area (Å²) in [5, 5.41) is 2.90. The van der Waals surface area contributed by atoms with Gasteiger partial charge in [-0.15, -0.1) is 0 Å². The molecule has 30 heavy (non-hydrogen) atoms. The van der Waals surface area contributed by atoms with Gasteiger partial charge in [0.1, 0.15) is 11.6 Å². The molecule has 3 aromatic rings. The zero-order valence-electron chi connectivity index (χ0n) is 16.7. The zero-order chi connectivity index (χ0) is 21.3. The average Bonchev–Trinajstić information content (AvgIpc) is 2.70. The van der Waals surface area contributed by atoms with Crippen molar-refractivity contribution in [3.63, 3.8) is 0 Å². The van der Waals surface area contributed by atoms with Crippen LogP contribution in [0.5, 0.6) is 5.75 Å². The molecular formula is C24H21FN2O3. The molecule has 0 fully saturated rings. The number of amides is 2. The predicted octanol–water partition coefficient (Wildman–Crippen LogP) is 4.62. The van der Waals surface area contributed by atoms with E-state index in [1.807, 2.05) is 32.0 Å². The Morgan fingerprint density at radius 1 is 1.03 bits per heavy atom. The van der Waals surface area contributed by atoms with Crippen molar-refractivity contribution in [1.29, 1.82) is 0 Å². The number of nitrogens with one attached hydrogen (secondary N) is 1. The van der Waals surface area contributed by atoms with Crippen LogP contribution in [0.4, 0.5) is 15.8 Å². The fourth-order valence-corrected chi connectivity index (χ4v) is 3.54. The summed E-state index contributed by atoms with van der Waals surface area (Å²) in [5.41, 5.74) is 4.53. The van der Waals surface area contributed by atoms with Crippen molar-refractivity contribution in [3.05, 3.63) is 88.7 Å². The van der Waals surface area contributed by atoms with Gasteiger partial charge >= 0.3 is 0 Å². The molecule has 0 saturated heterocycles. The highest BCUT2D eigenvalue weighted by molar-refractivity contribution is 6.06. The van der Waals surface area contributed by atoms with Crippen molar-refractivity contribution >= 4 is 23.2 Å². The maximum atomic E-state index is 13.2. The number of carbonyl (C=O) groups excluding carboxylic acids is 2. The Bertz CT molecular complexity index is 1110. The van der Waals surface area contributed by atoms with E-state index in [4.69, 9.17) is 4.74 Å². The number of hydrogen-bond donors (Lipinski definition) is 1. The number of anilines is 2. The number of halogens is 1. The number of carbonyl (C=O) groups is 2. The molecule has 2 amide bonds.